The summed E-state index contributed by atoms with van der Waals surface area (Å²) in [5, 5.41) is 9.64. The van der Waals surface area contributed by atoms with Crippen LogP contribution in [-0.4, -0.2) is 40.6 Å². The summed E-state index contributed by atoms with van der Waals surface area (Å²) in [4.78, 5) is 24.8. The van der Waals surface area contributed by atoms with Crippen LogP contribution in [0.3, 0.4) is 0 Å². The van der Waals surface area contributed by atoms with Crippen molar-refractivity contribution in [3.63, 3.8) is 0 Å². The molecule has 9 heteroatoms. The number of carbonyl (C=O) groups is 1. The van der Waals surface area contributed by atoms with Crippen molar-refractivity contribution in [1.82, 2.24) is 25.6 Å². The Kier molecular flexibility index (Phi) is 7.98. The lowest BCUT2D eigenvalue weighted by atomic mass is 9.90. The first kappa shape index (κ1) is 28.2. The second-order valence-electron chi connectivity index (χ2n) is 10.7. The summed E-state index contributed by atoms with van der Waals surface area (Å²) in [6.07, 6.45) is 6.36. The van der Waals surface area contributed by atoms with Gasteiger partial charge in [0.15, 0.2) is 5.82 Å². The lowest BCUT2D eigenvalue weighted by Crippen LogP contribution is -2.35. The summed E-state index contributed by atoms with van der Waals surface area (Å²) in [7, 11) is 1.56. The van der Waals surface area contributed by atoms with E-state index in [1.807, 2.05) is 36.4 Å². The molecule has 0 radical (unpaired) electrons. The van der Waals surface area contributed by atoms with E-state index < -0.39 is 0 Å². The summed E-state index contributed by atoms with van der Waals surface area (Å²) in [5.41, 5.74) is 8.70. The first-order chi connectivity index (χ1) is 20.9. The summed E-state index contributed by atoms with van der Waals surface area (Å²) in [6.45, 7) is 5.01. The van der Waals surface area contributed by atoms with Gasteiger partial charge in [-0.15, -0.1) is 0 Å². The number of anilines is 2. The number of hydrogen-bond acceptors (Lipinski definition) is 7. The van der Waals surface area contributed by atoms with Crippen LogP contribution in [0.5, 0.6) is 5.75 Å². The average molecular weight is 577 g/mol. The van der Waals surface area contributed by atoms with Gasteiger partial charge in [0.05, 0.1) is 12.6 Å². The Morgan fingerprint density at radius 1 is 0.953 bits per heavy atom. The molecule has 6 rings (SSSR count). The van der Waals surface area contributed by atoms with Gasteiger partial charge < -0.3 is 20.7 Å². The second-order valence-corrected chi connectivity index (χ2v) is 10.7. The van der Waals surface area contributed by atoms with Gasteiger partial charge in [0.2, 0.25) is 5.91 Å². The number of carbonyl (C=O) groups excluding carboxylic acids is 1. The molecule has 0 bridgehead atoms. The predicted octanol–water partition coefficient (Wildman–Crippen LogP) is 6.24. The van der Waals surface area contributed by atoms with E-state index >= 15 is 4.39 Å². The minimum atomic E-state index is -0.338. The normalized spacial score (nSPS) is 14.6. The van der Waals surface area contributed by atoms with Gasteiger partial charge in [-0.2, -0.15) is 0 Å². The molecule has 8 nitrogen and oxygen atoms in total. The van der Waals surface area contributed by atoms with Crippen LogP contribution in [0, 0.1) is 19.7 Å². The van der Waals surface area contributed by atoms with E-state index in [0.29, 0.717) is 42.2 Å². The molecule has 0 spiro atoms. The average Bonchev–Trinajstić information content (AvgIpc) is 3.44. The molecular weight excluding hydrogens is 543 g/mol. The number of hydrogen-bond donors (Lipinski definition) is 3. The van der Waals surface area contributed by atoms with Crippen LogP contribution in [0.15, 0.2) is 73.2 Å². The molecule has 1 atom stereocenters. The molecule has 5 aromatic rings. The number of halogens is 1. The van der Waals surface area contributed by atoms with Gasteiger partial charge in [0, 0.05) is 55.4 Å². The van der Waals surface area contributed by atoms with Crippen molar-refractivity contribution in [2.45, 2.75) is 39.3 Å². The second kappa shape index (κ2) is 12.1. The Balaban J connectivity index is 1.29. The van der Waals surface area contributed by atoms with E-state index in [4.69, 9.17) is 4.74 Å². The van der Waals surface area contributed by atoms with Gasteiger partial charge in [0.1, 0.15) is 17.1 Å². The Hall–Kier alpha value is -4.89. The van der Waals surface area contributed by atoms with Crippen LogP contribution in [0.25, 0.3) is 33.3 Å². The van der Waals surface area contributed by atoms with E-state index in [2.05, 4.69) is 56.9 Å². The van der Waals surface area contributed by atoms with Crippen molar-refractivity contribution in [3.8, 4) is 28.0 Å². The van der Waals surface area contributed by atoms with E-state index in [-0.39, 0.29) is 17.8 Å². The molecule has 1 fully saturated rings. The quantitative estimate of drug-likeness (QED) is 0.191. The minimum absolute atomic E-state index is 0.0624. The lowest BCUT2D eigenvalue weighted by Gasteiger charge is -2.18. The number of aromatic nitrogens is 3. The molecule has 1 saturated heterocycles. The smallest absolute Gasteiger partial charge is 0.220 e. The maximum atomic E-state index is 15.5. The molecule has 1 amide bonds. The number of pyridine rings is 1. The van der Waals surface area contributed by atoms with Crippen molar-refractivity contribution in [2.75, 3.05) is 19.0 Å². The predicted molar refractivity (Wildman–Crippen MR) is 167 cm³/mol. The zero-order valence-electron chi connectivity index (χ0n) is 24.4. The van der Waals surface area contributed by atoms with Gasteiger partial charge in [0.25, 0.3) is 0 Å². The number of nitrogens with zero attached hydrogens (tertiary/aromatic N) is 3. The van der Waals surface area contributed by atoms with Crippen LogP contribution >= 0.6 is 0 Å². The van der Waals surface area contributed by atoms with Gasteiger partial charge in [-0.3, -0.25) is 9.78 Å². The molecular formula is C34H33FN6O2. The highest BCUT2D eigenvalue weighted by molar-refractivity contribution is 5.89. The highest BCUT2D eigenvalue weighted by Crippen LogP contribution is 2.38. The van der Waals surface area contributed by atoms with Gasteiger partial charge in [-0.1, -0.05) is 30.3 Å². The number of fused-ring (bicyclic) bond motifs is 1. The van der Waals surface area contributed by atoms with Crippen molar-refractivity contribution < 1.29 is 13.9 Å². The first-order valence-electron chi connectivity index (χ1n) is 14.3. The van der Waals surface area contributed by atoms with E-state index in [1.165, 1.54) is 0 Å². The summed E-state index contributed by atoms with van der Waals surface area (Å²) < 4.78 is 21.2. The minimum Gasteiger partial charge on any atom is -0.496 e. The third-order valence-electron chi connectivity index (χ3n) is 8.06. The fraction of sp³-hybridized carbons (Fsp3) is 0.235. The summed E-state index contributed by atoms with van der Waals surface area (Å²) >= 11 is 0. The van der Waals surface area contributed by atoms with Crippen molar-refractivity contribution in [1.29, 1.82) is 0 Å². The van der Waals surface area contributed by atoms with Crippen LogP contribution < -0.4 is 20.7 Å². The zero-order chi connectivity index (χ0) is 29.9. The third kappa shape index (κ3) is 5.76. The van der Waals surface area contributed by atoms with Crippen LogP contribution in [-0.2, 0) is 11.3 Å². The number of nitrogens with one attached hydrogen (secondary N) is 3. The van der Waals surface area contributed by atoms with Crippen LogP contribution in [0.4, 0.5) is 15.9 Å². The fourth-order valence-corrected chi connectivity index (χ4v) is 5.74. The molecule has 3 heterocycles. The Labute approximate surface area is 249 Å². The third-order valence-corrected chi connectivity index (χ3v) is 8.06. The lowest BCUT2D eigenvalue weighted by molar-refractivity contribution is -0.119. The maximum absolute atomic E-state index is 15.5. The van der Waals surface area contributed by atoms with Crippen molar-refractivity contribution in [3.05, 3.63) is 95.7 Å². The van der Waals surface area contributed by atoms with Gasteiger partial charge >= 0.3 is 0 Å². The number of methoxy groups -OCH3 is 1. The number of ether oxygens (including phenoxy) is 1. The Bertz CT molecular complexity index is 1820. The van der Waals surface area contributed by atoms with Crippen molar-refractivity contribution in [2.24, 2.45) is 0 Å². The largest absolute Gasteiger partial charge is 0.496 e. The van der Waals surface area contributed by atoms with Crippen LogP contribution in [0.2, 0.25) is 0 Å². The topological polar surface area (TPSA) is 101 Å². The molecule has 1 aliphatic rings. The molecule has 43 heavy (non-hydrogen) atoms. The van der Waals surface area contributed by atoms with E-state index in [9.17, 15) is 4.79 Å². The fourth-order valence-electron chi connectivity index (χ4n) is 5.74. The van der Waals surface area contributed by atoms with E-state index in [1.54, 1.807) is 31.8 Å². The summed E-state index contributed by atoms with van der Waals surface area (Å²) in [5.74, 6) is 0.847. The Morgan fingerprint density at radius 2 is 1.72 bits per heavy atom. The molecule has 0 aliphatic carbocycles. The monoisotopic (exact) mass is 576 g/mol. The zero-order valence-corrected chi connectivity index (χ0v) is 24.4. The number of rotatable bonds is 9. The molecule has 1 aliphatic heterocycles. The molecule has 3 aromatic carbocycles. The SMILES string of the molecule is COc1cc(-c2cccc(-c3cccc(Nc4nccc5nccnc45)c3C)c2C)cc(F)c1CNC[C@@H]1CCC(=O)N1. The molecule has 2 aromatic heterocycles. The number of benzene rings is 3. The Morgan fingerprint density at radius 3 is 2.51 bits per heavy atom. The van der Waals surface area contributed by atoms with Gasteiger partial charge in [-0.25, -0.2) is 14.4 Å². The standard InChI is InChI=1S/C34H33FN6O2/c1-20-24(22-16-28(35)27(31(17-22)43-3)19-36-18-23-10-11-32(42)40-23)6-4-7-25(20)26-8-5-9-29(21(26)2)41-34-33-30(12-13-39-34)37-14-15-38-33/h4-9,12-17,23,36H,10-11,18-19H2,1-3H3,(H,39,41)(H,40,42)/t23-/m0/s1. The van der Waals surface area contributed by atoms with E-state index in [0.717, 1.165) is 51.0 Å². The van der Waals surface area contributed by atoms with Crippen molar-refractivity contribution >= 4 is 28.4 Å². The molecule has 0 unspecified atom stereocenters. The highest BCUT2D eigenvalue weighted by atomic mass is 19.1. The molecule has 0 saturated carbocycles. The van der Waals surface area contributed by atoms with Crippen LogP contribution in [0.1, 0.15) is 29.5 Å². The maximum Gasteiger partial charge on any atom is 0.220 e. The molecule has 218 valence electrons. The summed E-state index contributed by atoms with van der Waals surface area (Å²) in [6, 6.07) is 17.6. The molecule has 3 N–H and O–H groups in total. The van der Waals surface area contributed by atoms with Gasteiger partial charge in [-0.05, 0) is 77.9 Å². The highest BCUT2D eigenvalue weighted by Gasteiger charge is 2.21. The first-order valence-corrected chi connectivity index (χ1v) is 14.3. The number of amides is 1.